The highest BCUT2D eigenvalue weighted by Gasteiger charge is 2.24. The van der Waals surface area contributed by atoms with Crippen LogP contribution in [0.25, 0.3) is 22.5 Å². The van der Waals surface area contributed by atoms with Crippen molar-refractivity contribution in [3.8, 4) is 28.5 Å². The molecule has 3 aromatic carbocycles. The molecule has 168 valence electrons. The highest BCUT2D eigenvalue weighted by atomic mass is 16.6. The zero-order chi connectivity index (χ0) is 23.9. The van der Waals surface area contributed by atoms with Gasteiger partial charge in [-0.25, -0.2) is 0 Å². The number of anilines is 1. The first-order chi connectivity index (χ1) is 16.6. The van der Waals surface area contributed by atoms with E-state index in [2.05, 4.69) is 16.5 Å². The molecule has 4 aromatic rings. The fourth-order valence-electron chi connectivity index (χ4n) is 3.50. The normalized spacial score (nSPS) is 11.0. The van der Waals surface area contributed by atoms with Gasteiger partial charge in [-0.1, -0.05) is 95.6 Å². The van der Waals surface area contributed by atoms with Crippen molar-refractivity contribution < 1.29 is 14.0 Å². The van der Waals surface area contributed by atoms with Crippen LogP contribution < -0.4 is 5.32 Å². The zero-order valence-electron chi connectivity index (χ0n) is 18.9. The Morgan fingerprint density at radius 1 is 0.971 bits per heavy atom. The van der Waals surface area contributed by atoms with Crippen LogP contribution in [0.4, 0.5) is 5.88 Å². The van der Waals surface area contributed by atoms with E-state index in [4.69, 9.17) is 9.25 Å². The second kappa shape index (κ2) is 10.3. The van der Waals surface area contributed by atoms with E-state index in [1.54, 1.807) is 6.92 Å². The molecule has 1 amide bonds. The van der Waals surface area contributed by atoms with Crippen molar-refractivity contribution in [2.24, 2.45) is 5.16 Å². The third-order valence-electron chi connectivity index (χ3n) is 5.24. The van der Waals surface area contributed by atoms with Gasteiger partial charge in [0.1, 0.15) is 17.4 Å². The molecule has 0 unspecified atom stereocenters. The Kier molecular flexibility index (Phi) is 6.85. The number of carbonyl (C=O) groups is 1. The monoisotopic (exact) mass is 449 g/mol. The second-order valence-electron chi connectivity index (χ2n) is 7.72. The first-order valence-corrected chi connectivity index (χ1v) is 10.8. The molecular weight excluding hydrogens is 426 g/mol. The van der Waals surface area contributed by atoms with Gasteiger partial charge in [-0.2, -0.15) is 5.26 Å². The van der Waals surface area contributed by atoms with E-state index in [1.807, 2.05) is 91.9 Å². The number of carbonyl (C=O) groups excluding carboxylic acids is 1. The van der Waals surface area contributed by atoms with Crippen molar-refractivity contribution in [2.75, 3.05) is 11.9 Å². The SMILES string of the molecule is C/C(=N\OCC(=O)Nc1oc(-c2ccccc2)c(-c2ccccc2)c1C#N)c1ccc(C)cc1. The maximum atomic E-state index is 12.6. The molecule has 1 heterocycles. The average molecular weight is 450 g/mol. The molecule has 1 N–H and O–H groups in total. The van der Waals surface area contributed by atoms with Gasteiger partial charge in [0.15, 0.2) is 6.61 Å². The summed E-state index contributed by atoms with van der Waals surface area (Å²) in [6, 6.07) is 29.0. The van der Waals surface area contributed by atoms with Crippen LogP contribution in [0.2, 0.25) is 0 Å². The molecule has 34 heavy (non-hydrogen) atoms. The molecule has 0 saturated carbocycles. The van der Waals surface area contributed by atoms with E-state index < -0.39 is 5.91 Å². The highest BCUT2D eigenvalue weighted by Crippen LogP contribution is 2.41. The average Bonchev–Trinajstić information content (AvgIpc) is 3.23. The van der Waals surface area contributed by atoms with E-state index >= 15 is 0 Å². The molecule has 4 rings (SSSR count). The fourth-order valence-corrected chi connectivity index (χ4v) is 3.50. The molecule has 0 saturated heterocycles. The molecule has 1 aromatic heterocycles. The Hall–Kier alpha value is -4.63. The van der Waals surface area contributed by atoms with Gasteiger partial charge in [0, 0.05) is 11.1 Å². The maximum absolute atomic E-state index is 12.6. The molecule has 0 radical (unpaired) electrons. The number of hydrogen-bond donors (Lipinski definition) is 1. The van der Waals surface area contributed by atoms with Crippen LogP contribution in [0.3, 0.4) is 0 Å². The molecule has 0 atom stereocenters. The molecule has 0 bridgehead atoms. The standard InChI is InChI=1S/C28H23N3O3/c1-19-13-15-21(16-14-19)20(2)31-33-18-25(32)30-28-24(17-29)26(22-9-5-3-6-10-22)27(34-28)23-11-7-4-8-12-23/h3-16H,18H2,1-2H3,(H,30,32)/b31-20+. The van der Waals surface area contributed by atoms with Crippen LogP contribution in [-0.4, -0.2) is 18.2 Å². The Balaban J connectivity index is 1.56. The molecule has 0 aliphatic heterocycles. The predicted octanol–water partition coefficient (Wildman–Crippen LogP) is 6.17. The summed E-state index contributed by atoms with van der Waals surface area (Å²) in [4.78, 5) is 17.8. The fraction of sp³-hybridized carbons (Fsp3) is 0.107. The van der Waals surface area contributed by atoms with Crippen molar-refractivity contribution in [2.45, 2.75) is 13.8 Å². The number of aryl methyl sites for hydroxylation is 1. The third-order valence-corrected chi connectivity index (χ3v) is 5.24. The summed E-state index contributed by atoms with van der Waals surface area (Å²) in [5.41, 5.74) is 5.19. The van der Waals surface area contributed by atoms with Crippen LogP contribution in [-0.2, 0) is 9.63 Å². The van der Waals surface area contributed by atoms with Crippen LogP contribution in [0, 0.1) is 18.3 Å². The number of nitriles is 1. The topological polar surface area (TPSA) is 87.6 Å². The van der Waals surface area contributed by atoms with Crippen molar-refractivity contribution >= 4 is 17.5 Å². The first-order valence-electron chi connectivity index (χ1n) is 10.8. The van der Waals surface area contributed by atoms with E-state index in [1.165, 1.54) is 0 Å². The van der Waals surface area contributed by atoms with Crippen LogP contribution in [0.15, 0.2) is 94.5 Å². The summed E-state index contributed by atoms with van der Waals surface area (Å²) in [7, 11) is 0. The molecular formula is C28H23N3O3. The van der Waals surface area contributed by atoms with Gasteiger partial charge in [0.25, 0.3) is 5.91 Å². The summed E-state index contributed by atoms with van der Waals surface area (Å²) in [5.74, 6) is 0.103. The summed E-state index contributed by atoms with van der Waals surface area (Å²) in [6.07, 6.45) is 0. The summed E-state index contributed by atoms with van der Waals surface area (Å²) < 4.78 is 6.01. The van der Waals surface area contributed by atoms with Gasteiger partial charge >= 0.3 is 0 Å². The molecule has 0 fully saturated rings. The lowest BCUT2D eigenvalue weighted by molar-refractivity contribution is -0.120. The van der Waals surface area contributed by atoms with E-state index in [9.17, 15) is 10.1 Å². The molecule has 0 spiro atoms. The maximum Gasteiger partial charge on any atom is 0.267 e. The third kappa shape index (κ3) is 5.05. The minimum absolute atomic E-state index is 0.0769. The zero-order valence-corrected chi connectivity index (χ0v) is 18.9. The second-order valence-corrected chi connectivity index (χ2v) is 7.72. The summed E-state index contributed by atoms with van der Waals surface area (Å²) in [6.45, 7) is 3.49. The number of amides is 1. The van der Waals surface area contributed by atoms with Gasteiger partial charge in [-0.3, -0.25) is 10.1 Å². The number of nitrogens with zero attached hydrogens (tertiary/aromatic N) is 2. The van der Waals surface area contributed by atoms with Crippen molar-refractivity contribution in [3.05, 3.63) is 102 Å². The van der Waals surface area contributed by atoms with Gasteiger partial charge in [-0.05, 0) is 25.0 Å². The van der Waals surface area contributed by atoms with Gasteiger partial charge in [0.2, 0.25) is 5.88 Å². The van der Waals surface area contributed by atoms with Crippen molar-refractivity contribution in [1.82, 2.24) is 0 Å². The van der Waals surface area contributed by atoms with Crippen LogP contribution in [0.5, 0.6) is 0 Å². The highest BCUT2D eigenvalue weighted by molar-refractivity contribution is 5.99. The van der Waals surface area contributed by atoms with Gasteiger partial charge in [-0.15, -0.1) is 0 Å². The quantitative estimate of drug-likeness (QED) is 0.270. The summed E-state index contributed by atoms with van der Waals surface area (Å²) >= 11 is 0. The lowest BCUT2D eigenvalue weighted by atomic mass is 9.98. The minimum Gasteiger partial charge on any atom is -0.438 e. The lowest BCUT2D eigenvalue weighted by Gasteiger charge is -2.04. The number of oxime groups is 1. The van der Waals surface area contributed by atoms with Crippen molar-refractivity contribution in [3.63, 3.8) is 0 Å². The predicted molar refractivity (Wildman–Crippen MR) is 132 cm³/mol. The first kappa shape index (κ1) is 22.6. The molecule has 0 aliphatic rings. The van der Waals surface area contributed by atoms with Gasteiger partial charge in [0.05, 0.1) is 5.71 Å². The molecule has 6 heteroatoms. The number of benzene rings is 3. The number of nitrogens with one attached hydrogen (secondary N) is 1. The van der Waals surface area contributed by atoms with Crippen LogP contribution in [0.1, 0.15) is 23.6 Å². The Morgan fingerprint density at radius 2 is 1.59 bits per heavy atom. The number of hydrogen-bond acceptors (Lipinski definition) is 5. The van der Waals surface area contributed by atoms with E-state index in [-0.39, 0.29) is 18.1 Å². The minimum atomic E-state index is -0.482. The van der Waals surface area contributed by atoms with Gasteiger partial charge < -0.3 is 9.25 Å². The number of furan rings is 1. The lowest BCUT2D eigenvalue weighted by Crippen LogP contribution is -2.17. The summed E-state index contributed by atoms with van der Waals surface area (Å²) in [5, 5.41) is 16.6. The largest absolute Gasteiger partial charge is 0.438 e. The van der Waals surface area contributed by atoms with Crippen molar-refractivity contribution in [1.29, 1.82) is 5.26 Å². The smallest absolute Gasteiger partial charge is 0.267 e. The Labute approximate surface area is 198 Å². The Bertz CT molecular complexity index is 1350. The Morgan fingerprint density at radius 3 is 2.21 bits per heavy atom. The molecule has 0 aliphatic carbocycles. The van der Waals surface area contributed by atoms with E-state index in [0.29, 0.717) is 17.0 Å². The van der Waals surface area contributed by atoms with Crippen LogP contribution >= 0.6 is 0 Å². The van der Waals surface area contributed by atoms with E-state index in [0.717, 1.165) is 22.3 Å². The molecule has 6 nitrogen and oxygen atoms in total. The number of rotatable bonds is 7.